The van der Waals surface area contributed by atoms with Crippen LogP contribution in [0.15, 0.2) is 54.6 Å². The van der Waals surface area contributed by atoms with Gasteiger partial charge in [0.05, 0.1) is 6.07 Å². The summed E-state index contributed by atoms with van der Waals surface area (Å²) >= 11 is 1.50. The first-order valence-corrected chi connectivity index (χ1v) is 11.5. The highest BCUT2D eigenvalue weighted by atomic mass is 32.2. The fourth-order valence-corrected chi connectivity index (χ4v) is 3.72. The monoisotopic (exact) mass is 468 g/mol. The van der Waals surface area contributed by atoms with Gasteiger partial charge in [0.1, 0.15) is 18.2 Å². The predicted octanol–water partition coefficient (Wildman–Crippen LogP) is 3.71. The SMILES string of the molecule is CC(C)(C)OC(=O)Nc1cccc(C(=O)N[C@@H](CSCc2ccccc2)C(=O)NCC#N)c1. The van der Waals surface area contributed by atoms with Crippen molar-refractivity contribution in [3.8, 4) is 6.07 Å². The molecule has 0 radical (unpaired) electrons. The number of nitrogens with one attached hydrogen (secondary N) is 3. The Morgan fingerprint density at radius 3 is 2.48 bits per heavy atom. The van der Waals surface area contributed by atoms with Crippen LogP contribution >= 0.6 is 11.8 Å². The fourth-order valence-electron chi connectivity index (χ4n) is 2.70. The third-order valence-electron chi connectivity index (χ3n) is 4.13. The summed E-state index contributed by atoms with van der Waals surface area (Å²) in [5.41, 5.74) is 1.11. The first-order valence-electron chi connectivity index (χ1n) is 10.3. The summed E-state index contributed by atoms with van der Waals surface area (Å²) < 4.78 is 5.22. The van der Waals surface area contributed by atoms with Crippen LogP contribution in [0.4, 0.5) is 10.5 Å². The molecule has 8 nitrogen and oxygen atoms in total. The van der Waals surface area contributed by atoms with Gasteiger partial charge in [-0.05, 0) is 44.5 Å². The molecule has 3 N–H and O–H groups in total. The van der Waals surface area contributed by atoms with Gasteiger partial charge < -0.3 is 15.4 Å². The third-order valence-corrected chi connectivity index (χ3v) is 5.24. The first-order chi connectivity index (χ1) is 15.7. The Kier molecular flexibility index (Phi) is 9.76. The molecule has 2 aromatic rings. The molecule has 0 saturated carbocycles. The summed E-state index contributed by atoms with van der Waals surface area (Å²) in [5, 5.41) is 16.6. The average Bonchev–Trinajstić information content (AvgIpc) is 2.76. The quantitative estimate of drug-likeness (QED) is 0.483. The lowest BCUT2D eigenvalue weighted by molar-refractivity contribution is -0.122. The number of nitrogens with zero attached hydrogens (tertiary/aromatic N) is 1. The molecule has 0 fully saturated rings. The largest absolute Gasteiger partial charge is 0.444 e. The molecule has 0 aromatic heterocycles. The number of hydrogen-bond acceptors (Lipinski definition) is 6. The molecule has 1 atom stereocenters. The van der Waals surface area contributed by atoms with Crippen molar-refractivity contribution in [2.45, 2.75) is 38.2 Å². The Morgan fingerprint density at radius 2 is 1.82 bits per heavy atom. The molecule has 0 aliphatic carbocycles. The van der Waals surface area contributed by atoms with E-state index in [4.69, 9.17) is 10.00 Å². The van der Waals surface area contributed by atoms with Crippen molar-refractivity contribution >= 4 is 35.4 Å². The number of carbonyl (C=O) groups excluding carboxylic acids is 3. The maximum absolute atomic E-state index is 12.8. The van der Waals surface area contributed by atoms with E-state index in [0.717, 1.165) is 5.56 Å². The van der Waals surface area contributed by atoms with Crippen molar-refractivity contribution in [2.24, 2.45) is 0 Å². The number of anilines is 1. The molecule has 174 valence electrons. The molecule has 0 heterocycles. The number of hydrogen-bond donors (Lipinski definition) is 3. The zero-order valence-electron chi connectivity index (χ0n) is 18.9. The number of carbonyl (C=O) groups is 3. The van der Waals surface area contributed by atoms with E-state index in [-0.39, 0.29) is 12.1 Å². The van der Waals surface area contributed by atoms with Gasteiger partial charge in [-0.25, -0.2) is 4.79 Å². The molecule has 0 saturated heterocycles. The van der Waals surface area contributed by atoms with Crippen LogP contribution in [0.25, 0.3) is 0 Å². The van der Waals surface area contributed by atoms with Gasteiger partial charge in [0, 0.05) is 22.8 Å². The van der Waals surface area contributed by atoms with E-state index in [1.807, 2.05) is 36.4 Å². The summed E-state index contributed by atoms with van der Waals surface area (Å²) in [7, 11) is 0. The number of nitriles is 1. The Morgan fingerprint density at radius 1 is 1.09 bits per heavy atom. The minimum absolute atomic E-state index is 0.149. The van der Waals surface area contributed by atoms with Crippen LogP contribution in [0.1, 0.15) is 36.7 Å². The van der Waals surface area contributed by atoms with Crippen LogP contribution in [0.3, 0.4) is 0 Å². The molecular weight excluding hydrogens is 440 g/mol. The van der Waals surface area contributed by atoms with Crippen LogP contribution in [0.5, 0.6) is 0 Å². The molecule has 2 rings (SSSR count). The molecule has 0 bridgehead atoms. The predicted molar refractivity (Wildman–Crippen MR) is 129 cm³/mol. The molecule has 0 aliphatic heterocycles. The molecule has 33 heavy (non-hydrogen) atoms. The molecule has 9 heteroatoms. The number of rotatable bonds is 9. The van der Waals surface area contributed by atoms with E-state index >= 15 is 0 Å². The second-order valence-corrected chi connectivity index (χ2v) is 9.14. The van der Waals surface area contributed by atoms with Gasteiger partial charge in [-0.1, -0.05) is 36.4 Å². The maximum Gasteiger partial charge on any atom is 0.412 e. The van der Waals surface area contributed by atoms with E-state index in [1.54, 1.807) is 39.0 Å². The topological polar surface area (TPSA) is 120 Å². The molecule has 3 amide bonds. The van der Waals surface area contributed by atoms with Gasteiger partial charge in [-0.15, -0.1) is 0 Å². The zero-order chi connectivity index (χ0) is 24.3. The number of benzene rings is 2. The first kappa shape index (κ1) is 25.7. The molecule has 0 unspecified atom stereocenters. The van der Waals surface area contributed by atoms with Gasteiger partial charge in [0.15, 0.2) is 0 Å². The van der Waals surface area contributed by atoms with Crippen molar-refractivity contribution in [1.29, 1.82) is 5.26 Å². The average molecular weight is 469 g/mol. The Labute approximate surface area is 198 Å². The fraction of sp³-hybridized carbons (Fsp3) is 0.333. The lowest BCUT2D eigenvalue weighted by Crippen LogP contribution is -2.48. The summed E-state index contributed by atoms with van der Waals surface area (Å²) in [6, 6.07) is 17.1. The van der Waals surface area contributed by atoms with Gasteiger partial charge in [-0.2, -0.15) is 17.0 Å². The normalized spacial score (nSPS) is 11.6. The molecule has 0 aliphatic rings. The van der Waals surface area contributed by atoms with Crippen LogP contribution in [-0.2, 0) is 15.3 Å². The second-order valence-electron chi connectivity index (χ2n) is 8.11. The standard InChI is InChI=1S/C24H28N4O4S/c1-24(2,3)32-23(31)27-19-11-7-10-18(14-19)21(29)28-20(22(30)26-13-12-25)16-33-15-17-8-5-4-6-9-17/h4-11,14,20H,13,15-16H2,1-3H3,(H,26,30)(H,27,31)(H,28,29)/t20-/m0/s1. The van der Waals surface area contributed by atoms with Crippen LogP contribution < -0.4 is 16.0 Å². The van der Waals surface area contributed by atoms with Gasteiger partial charge in [-0.3, -0.25) is 14.9 Å². The van der Waals surface area contributed by atoms with Gasteiger partial charge in [0.2, 0.25) is 5.91 Å². The van der Waals surface area contributed by atoms with Crippen LogP contribution in [0, 0.1) is 11.3 Å². The van der Waals surface area contributed by atoms with Gasteiger partial charge >= 0.3 is 6.09 Å². The van der Waals surface area contributed by atoms with Crippen molar-refractivity contribution in [3.63, 3.8) is 0 Å². The van der Waals surface area contributed by atoms with Crippen molar-refractivity contribution < 1.29 is 19.1 Å². The highest BCUT2D eigenvalue weighted by Crippen LogP contribution is 2.16. The van der Waals surface area contributed by atoms with E-state index in [0.29, 0.717) is 17.2 Å². The molecule has 0 spiro atoms. The summed E-state index contributed by atoms with van der Waals surface area (Å²) in [5.74, 6) is 0.0932. The number of thioether (sulfide) groups is 1. The lowest BCUT2D eigenvalue weighted by Gasteiger charge is -2.20. The third kappa shape index (κ3) is 9.66. The summed E-state index contributed by atoms with van der Waals surface area (Å²) in [6.45, 7) is 5.11. The lowest BCUT2D eigenvalue weighted by atomic mass is 10.1. The second kappa shape index (κ2) is 12.5. The van der Waals surface area contributed by atoms with E-state index in [2.05, 4.69) is 16.0 Å². The van der Waals surface area contributed by atoms with E-state index in [1.165, 1.54) is 17.8 Å². The number of ether oxygens (including phenoxy) is 1. The summed E-state index contributed by atoms with van der Waals surface area (Å²) in [4.78, 5) is 37.3. The smallest absolute Gasteiger partial charge is 0.412 e. The van der Waals surface area contributed by atoms with Crippen LogP contribution in [-0.4, -0.2) is 41.8 Å². The zero-order valence-corrected chi connectivity index (χ0v) is 19.7. The summed E-state index contributed by atoms with van der Waals surface area (Å²) in [6.07, 6.45) is -0.633. The van der Waals surface area contributed by atoms with E-state index < -0.39 is 29.6 Å². The Hall–Kier alpha value is -3.51. The molecular formula is C24H28N4O4S. The van der Waals surface area contributed by atoms with Crippen molar-refractivity contribution in [3.05, 3.63) is 65.7 Å². The van der Waals surface area contributed by atoms with Crippen molar-refractivity contribution in [2.75, 3.05) is 17.6 Å². The minimum atomic E-state index is -0.831. The highest BCUT2D eigenvalue weighted by Gasteiger charge is 2.22. The maximum atomic E-state index is 12.8. The minimum Gasteiger partial charge on any atom is -0.444 e. The Balaban J connectivity index is 2.03. The van der Waals surface area contributed by atoms with Gasteiger partial charge in [0.25, 0.3) is 5.91 Å². The van der Waals surface area contributed by atoms with Crippen molar-refractivity contribution in [1.82, 2.24) is 10.6 Å². The highest BCUT2D eigenvalue weighted by molar-refractivity contribution is 7.98. The van der Waals surface area contributed by atoms with Crippen LogP contribution in [0.2, 0.25) is 0 Å². The number of amides is 3. The molecule has 2 aromatic carbocycles. The van der Waals surface area contributed by atoms with E-state index in [9.17, 15) is 14.4 Å². The Bertz CT molecular complexity index is 1000.